The Balaban J connectivity index is 1.61. The molecule has 9 nitrogen and oxygen atoms in total. The maximum absolute atomic E-state index is 13.0. The fourth-order valence-corrected chi connectivity index (χ4v) is 6.24. The van der Waals surface area contributed by atoms with Crippen LogP contribution in [0.3, 0.4) is 0 Å². The summed E-state index contributed by atoms with van der Waals surface area (Å²) in [4.78, 5) is 0.296. The molecule has 0 spiro atoms. The Morgan fingerprint density at radius 1 is 0.636 bits per heavy atom. The van der Waals surface area contributed by atoms with Crippen LogP contribution in [0.5, 0.6) is 11.5 Å². The first-order chi connectivity index (χ1) is 15.8. The Morgan fingerprint density at radius 2 is 1.06 bits per heavy atom. The van der Waals surface area contributed by atoms with Crippen LogP contribution in [0.2, 0.25) is 0 Å². The summed E-state index contributed by atoms with van der Waals surface area (Å²) in [6.07, 6.45) is 0. The molecule has 1 aliphatic rings. The SMILES string of the molecule is CCOCCOc1ccc(S(=O)(=O)N2CCN(S(=O)(=O)c3ccc(OCC)cc3)CC2)cc1. The van der Waals surface area contributed by atoms with E-state index in [4.69, 9.17) is 14.2 Å². The summed E-state index contributed by atoms with van der Waals surface area (Å²) in [7, 11) is -7.45. The van der Waals surface area contributed by atoms with Crippen molar-refractivity contribution in [3.8, 4) is 11.5 Å². The quantitative estimate of drug-likeness (QED) is 0.438. The van der Waals surface area contributed by atoms with Crippen LogP contribution >= 0.6 is 0 Å². The summed E-state index contributed by atoms with van der Waals surface area (Å²) in [5, 5.41) is 0. The lowest BCUT2D eigenvalue weighted by Crippen LogP contribution is -2.50. The summed E-state index contributed by atoms with van der Waals surface area (Å²) in [5.41, 5.74) is 0. The van der Waals surface area contributed by atoms with E-state index in [-0.39, 0.29) is 36.0 Å². The van der Waals surface area contributed by atoms with Gasteiger partial charge in [0.1, 0.15) is 18.1 Å². The van der Waals surface area contributed by atoms with Crippen molar-refractivity contribution in [2.45, 2.75) is 23.6 Å². The zero-order valence-electron chi connectivity index (χ0n) is 18.8. The lowest BCUT2D eigenvalue weighted by molar-refractivity contribution is 0.110. The van der Waals surface area contributed by atoms with Crippen LogP contribution in [0.15, 0.2) is 58.3 Å². The van der Waals surface area contributed by atoms with Gasteiger partial charge in [-0.3, -0.25) is 0 Å². The number of benzene rings is 2. The van der Waals surface area contributed by atoms with E-state index in [0.29, 0.717) is 37.9 Å². The van der Waals surface area contributed by atoms with Gasteiger partial charge in [0.25, 0.3) is 0 Å². The van der Waals surface area contributed by atoms with Gasteiger partial charge in [-0.15, -0.1) is 0 Å². The van der Waals surface area contributed by atoms with E-state index in [2.05, 4.69) is 0 Å². The van der Waals surface area contributed by atoms with Gasteiger partial charge in [0.15, 0.2) is 0 Å². The maximum Gasteiger partial charge on any atom is 0.243 e. The molecule has 0 N–H and O–H groups in total. The molecule has 11 heteroatoms. The van der Waals surface area contributed by atoms with Crippen LogP contribution in [0.1, 0.15) is 13.8 Å². The van der Waals surface area contributed by atoms with Crippen molar-refractivity contribution in [3.63, 3.8) is 0 Å². The maximum atomic E-state index is 13.0. The fourth-order valence-electron chi connectivity index (χ4n) is 3.39. The number of hydrogen-bond acceptors (Lipinski definition) is 7. The molecule has 3 rings (SSSR count). The molecule has 0 unspecified atom stereocenters. The molecule has 1 aliphatic heterocycles. The number of sulfonamides is 2. The van der Waals surface area contributed by atoms with Crippen molar-refractivity contribution in [2.75, 3.05) is 52.6 Å². The lowest BCUT2D eigenvalue weighted by atomic mass is 10.3. The predicted octanol–water partition coefficient (Wildman–Crippen LogP) is 2.20. The fraction of sp³-hybridized carbons (Fsp3) is 0.455. The molecule has 0 aromatic heterocycles. The van der Waals surface area contributed by atoms with E-state index < -0.39 is 20.0 Å². The average molecular weight is 499 g/mol. The van der Waals surface area contributed by atoms with Gasteiger partial charge in [-0.05, 0) is 62.4 Å². The third-order valence-corrected chi connectivity index (χ3v) is 8.96. The van der Waals surface area contributed by atoms with Gasteiger partial charge in [0, 0.05) is 32.8 Å². The van der Waals surface area contributed by atoms with Gasteiger partial charge in [-0.25, -0.2) is 16.8 Å². The molecule has 0 saturated carbocycles. The number of nitrogens with zero attached hydrogens (tertiary/aromatic N) is 2. The number of piperazine rings is 1. The Hall–Kier alpha value is -2.18. The molecule has 182 valence electrons. The second-order valence-electron chi connectivity index (χ2n) is 7.23. The number of hydrogen-bond donors (Lipinski definition) is 0. The normalized spacial score (nSPS) is 15.9. The summed E-state index contributed by atoms with van der Waals surface area (Å²) in [6.45, 7) is 5.99. The van der Waals surface area contributed by atoms with Crippen molar-refractivity contribution in [2.24, 2.45) is 0 Å². The molecule has 0 amide bonds. The second-order valence-corrected chi connectivity index (χ2v) is 11.1. The Bertz CT molecular complexity index is 1090. The summed E-state index contributed by atoms with van der Waals surface area (Å²) in [6, 6.07) is 12.4. The minimum absolute atomic E-state index is 0.0746. The highest BCUT2D eigenvalue weighted by Crippen LogP contribution is 2.24. The summed E-state index contributed by atoms with van der Waals surface area (Å²) < 4.78 is 70.6. The molecular formula is C22H30N2O7S2. The summed E-state index contributed by atoms with van der Waals surface area (Å²) >= 11 is 0. The topological polar surface area (TPSA) is 102 Å². The largest absolute Gasteiger partial charge is 0.494 e. The number of ether oxygens (including phenoxy) is 3. The molecule has 33 heavy (non-hydrogen) atoms. The van der Waals surface area contributed by atoms with Gasteiger partial charge >= 0.3 is 0 Å². The van der Waals surface area contributed by atoms with Crippen molar-refractivity contribution < 1.29 is 31.0 Å². The second kappa shape index (κ2) is 11.3. The molecule has 1 saturated heterocycles. The van der Waals surface area contributed by atoms with E-state index in [1.54, 1.807) is 24.3 Å². The molecule has 2 aromatic carbocycles. The minimum atomic E-state index is -3.74. The highest BCUT2D eigenvalue weighted by atomic mass is 32.2. The van der Waals surface area contributed by atoms with Crippen molar-refractivity contribution in [1.82, 2.24) is 8.61 Å². The van der Waals surface area contributed by atoms with Crippen molar-refractivity contribution in [3.05, 3.63) is 48.5 Å². The van der Waals surface area contributed by atoms with Crippen molar-refractivity contribution in [1.29, 1.82) is 0 Å². The third-order valence-electron chi connectivity index (χ3n) is 5.13. The van der Waals surface area contributed by atoms with E-state index in [9.17, 15) is 16.8 Å². The standard InChI is InChI=1S/C22H30N2O7S2/c1-3-29-17-18-31-20-7-11-22(12-8-20)33(27,28)24-15-13-23(14-16-24)32(25,26)21-9-5-19(6-10-21)30-4-2/h5-12H,3-4,13-18H2,1-2H3. The van der Waals surface area contributed by atoms with E-state index in [1.807, 2.05) is 13.8 Å². The molecule has 0 aliphatic carbocycles. The molecule has 1 heterocycles. The van der Waals surface area contributed by atoms with Crippen LogP contribution in [-0.4, -0.2) is 78.1 Å². The first-order valence-corrected chi connectivity index (χ1v) is 13.7. The van der Waals surface area contributed by atoms with Gasteiger partial charge in [-0.2, -0.15) is 8.61 Å². The van der Waals surface area contributed by atoms with Gasteiger partial charge in [0.2, 0.25) is 20.0 Å². The van der Waals surface area contributed by atoms with Crippen LogP contribution in [0.25, 0.3) is 0 Å². The van der Waals surface area contributed by atoms with E-state index in [0.717, 1.165) is 0 Å². The van der Waals surface area contributed by atoms with Gasteiger partial charge in [-0.1, -0.05) is 0 Å². The Morgan fingerprint density at radius 3 is 1.45 bits per heavy atom. The molecule has 0 radical (unpaired) electrons. The average Bonchev–Trinajstić information content (AvgIpc) is 2.83. The lowest BCUT2D eigenvalue weighted by Gasteiger charge is -2.33. The van der Waals surface area contributed by atoms with Crippen LogP contribution in [0, 0.1) is 0 Å². The minimum Gasteiger partial charge on any atom is -0.494 e. The molecule has 2 aromatic rings. The predicted molar refractivity (Wildman–Crippen MR) is 124 cm³/mol. The third kappa shape index (κ3) is 6.24. The van der Waals surface area contributed by atoms with Crippen molar-refractivity contribution >= 4 is 20.0 Å². The first-order valence-electron chi connectivity index (χ1n) is 10.8. The molecular weight excluding hydrogens is 468 g/mol. The van der Waals surface area contributed by atoms with E-state index >= 15 is 0 Å². The highest BCUT2D eigenvalue weighted by molar-refractivity contribution is 7.89. The molecule has 0 atom stereocenters. The highest BCUT2D eigenvalue weighted by Gasteiger charge is 2.33. The van der Waals surface area contributed by atoms with Gasteiger partial charge < -0.3 is 14.2 Å². The Kier molecular flexibility index (Phi) is 8.71. The zero-order chi connectivity index (χ0) is 23.9. The first kappa shape index (κ1) is 25.4. The molecule has 0 bridgehead atoms. The smallest absolute Gasteiger partial charge is 0.243 e. The van der Waals surface area contributed by atoms with Crippen LogP contribution in [0.4, 0.5) is 0 Å². The Labute approximate surface area is 196 Å². The van der Waals surface area contributed by atoms with Crippen LogP contribution in [-0.2, 0) is 24.8 Å². The van der Waals surface area contributed by atoms with Crippen LogP contribution < -0.4 is 9.47 Å². The monoisotopic (exact) mass is 498 g/mol. The zero-order valence-corrected chi connectivity index (χ0v) is 20.5. The van der Waals surface area contributed by atoms with E-state index in [1.165, 1.54) is 32.9 Å². The number of rotatable bonds is 11. The summed E-state index contributed by atoms with van der Waals surface area (Å²) in [5.74, 6) is 1.15. The molecule has 1 fully saturated rings. The van der Waals surface area contributed by atoms with Gasteiger partial charge in [0.05, 0.1) is 23.0 Å².